The van der Waals surface area contributed by atoms with Crippen LogP contribution in [0.4, 0.5) is 0 Å². The van der Waals surface area contributed by atoms with E-state index >= 15 is 0 Å². The molecule has 0 fully saturated rings. The third-order valence-electron chi connectivity index (χ3n) is 3.26. The first-order valence-corrected chi connectivity index (χ1v) is 8.27. The highest BCUT2D eigenvalue weighted by molar-refractivity contribution is 7.98. The second-order valence-electron chi connectivity index (χ2n) is 4.74. The molecule has 0 bridgehead atoms. The van der Waals surface area contributed by atoms with Gasteiger partial charge in [0.05, 0.1) is 14.2 Å². The first-order valence-electron chi connectivity index (χ1n) is 7.05. The van der Waals surface area contributed by atoms with Crippen LogP contribution >= 0.6 is 11.8 Å². The Morgan fingerprint density at radius 2 is 1.33 bits per heavy atom. The molecular weight excluding hydrogens is 328 g/mol. The van der Waals surface area contributed by atoms with Gasteiger partial charge in [0.15, 0.2) is 0 Å². The van der Waals surface area contributed by atoms with Crippen LogP contribution in [0.5, 0.6) is 11.5 Å². The van der Waals surface area contributed by atoms with E-state index < -0.39 is 11.8 Å². The van der Waals surface area contributed by atoms with E-state index in [4.69, 9.17) is 9.47 Å². The number of ether oxygens (including phenoxy) is 2. The Morgan fingerprint density at radius 1 is 0.833 bits per heavy atom. The summed E-state index contributed by atoms with van der Waals surface area (Å²) >= 11 is 1.59. The number of nitrogens with one attached hydrogen (secondary N) is 2. The fourth-order valence-electron chi connectivity index (χ4n) is 1.94. The van der Waals surface area contributed by atoms with Gasteiger partial charge in [-0.05, 0) is 42.7 Å². The third-order valence-corrected chi connectivity index (χ3v) is 4.00. The van der Waals surface area contributed by atoms with Crippen molar-refractivity contribution in [2.45, 2.75) is 4.90 Å². The summed E-state index contributed by atoms with van der Waals surface area (Å²) in [5.74, 6) is 0.101. The van der Waals surface area contributed by atoms with Gasteiger partial charge in [-0.2, -0.15) is 0 Å². The van der Waals surface area contributed by atoms with Crippen LogP contribution < -0.4 is 20.3 Å². The highest BCUT2D eigenvalue weighted by Gasteiger charge is 2.12. The number of hydrogen-bond acceptors (Lipinski definition) is 5. The number of rotatable bonds is 5. The van der Waals surface area contributed by atoms with Gasteiger partial charge >= 0.3 is 0 Å². The van der Waals surface area contributed by atoms with Gasteiger partial charge in [-0.25, -0.2) is 0 Å². The van der Waals surface area contributed by atoms with E-state index in [1.165, 1.54) is 14.2 Å². The lowest BCUT2D eigenvalue weighted by atomic mass is 10.2. The van der Waals surface area contributed by atoms with E-state index in [9.17, 15) is 9.59 Å². The third kappa shape index (κ3) is 4.42. The summed E-state index contributed by atoms with van der Waals surface area (Å²) in [4.78, 5) is 25.3. The molecule has 24 heavy (non-hydrogen) atoms. The molecule has 6 nitrogen and oxygen atoms in total. The normalized spacial score (nSPS) is 9.96. The van der Waals surface area contributed by atoms with E-state index in [2.05, 4.69) is 10.9 Å². The molecule has 0 atom stereocenters. The zero-order valence-electron chi connectivity index (χ0n) is 13.6. The van der Waals surface area contributed by atoms with E-state index in [-0.39, 0.29) is 0 Å². The van der Waals surface area contributed by atoms with Crippen molar-refractivity contribution in [2.75, 3.05) is 20.5 Å². The Labute approximate surface area is 144 Å². The molecule has 2 N–H and O–H groups in total. The maximum absolute atomic E-state index is 12.2. The molecule has 2 rings (SSSR count). The summed E-state index contributed by atoms with van der Waals surface area (Å²) in [5.41, 5.74) is 5.52. The van der Waals surface area contributed by atoms with Crippen molar-refractivity contribution in [3.63, 3.8) is 0 Å². The van der Waals surface area contributed by atoms with Crippen molar-refractivity contribution in [2.24, 2.45) is 0 Å². The van der Waals surface area contributed by atoms with E-state index in [1.807, 2.05) is 18.4 Å². The predicted octanol–water partition coefficient (Wildman–Crippen LogP) is 2.50. The highest BCUT2D eigenvalue weighted by atomic mass is 32.2. The molecule has 0 aliphatic carbocycles. The highest BCUT2D eigenvalue weighted by Crippen LogP contribution is 2.22. The Kier molecular flexibility index (Phi) is 6.08. The van der Waals surface area contributed by atoms with Gasteiger partial charge in [0.1, 0.15) is 11.5 Å². The van der Waals surface area contributed by atoms with Crippen molar-refractivity contribution in [3.8, 4) is 11.5 Å². The summed E-state index contributed by atoms with van der Waals surface area (Å²) < 4.78 is 10.2. The van der Waals surface area contributed by atoms with Gasteiger partial charge in [-0.15, -0.1) is 11.8 Å². The van der Waals surface area contributed by atoms with Gasteiger partial charge < -0.3 is 9.47 Å². The molecule has 0 aromatic heterocycles. The minimum absolute atomic E-state index is 0.309. The molecule has 7 heteroatoms. The van der Waals surface area contributed by atoms with Crippen LogP contribution in [0.1, 0.15) is 20.7 Å². The van der Waals surface area contributed by atoms with Crippen LogP contribution in [-0.2, 0) is 0 Å². The quantitative estimate of drug-likeness (QED) is 0.643. The summed E-state index contributed by atoms with van der Waals surface area (Å²) in [6.07, 6.45) is 1.96. The van der Waals surface area contributed by atoms with Gasteiger partial charge in [-0.1, -0.05) is 0 Å². The molecule has 0 heterocycles. The number of hydrazine groups is 1. The Hall–Kier alpha value is -2.67. The number of benzene rings is 2. The molecule has 0 saturated carbocycles. The minimum Gasteiger partial charge on any atom is -0.497 e. The average Bonchev–Trinajstić information content (AvgIpc) is 2.65. The molecule has 2 amide bonds. The zero-order valence-corrected chi connectivity index (χ0v) is 14.4. The largest absolute Gasteiger partial charge is 0.497 e. The first-order chi connectivity index (χ1) is 11.6. The van der Waals surface area contributed by atoms with Crippen molar-refractivity contribution in [1.82, 2.24) is 10.9 Å². The average molecular weight is 346 g/mol. The Morgan fingerprint density at radius 3 is 1.79 bits per heavy atom. The summed E-state index contributed by atoms with van der Waals surface area (Å²) in [6.45, 7) is 0. The van der Waals surface area contributed by atoms with E-state index in [0.29, 0.717) is 22.6 Å². The van der Waals surface area contributed by atoms with E-state index in [0.717, 1.165) is 4.90 Å². The Bertz CT molecular complexity index is 710. The second-order valence-corrected chi connectivity index (χ2v) is 5.62. The van der Waals surface area contributed by atoms with E-state index in [1.54, 1.807) is 42.1 Å². The molecule has 0 spiro atoms. The zero-order chi connectivity index (χ0) is 17.5. The number of methoxy groups -OCH3 is 2. The van der Waals surface area contributed by atoms with Crippen molar-refractivity contribution < 1.29 is 19.1 Å². The summed E-state index contributed by atoms with van der Waals surface area (Å²) in [6, 6.07) is 11.8. The fraction of sp³-hybridized carbons (Fsp3) is 0.176. The molecular formula is C17H18N2O4S. The molecule has 0 aliphatic heterocycles. The number of amides is 2. The van der Waals surface area contributed by atoms with Crippen LogP contribution in [0, 0.1) is 0 Å². The maximum atomic E-state index is 12.2. The fourth-order valence-corrected chi connectivity index (χ4v) is 2.35. The van der Waals surface area contributed by atoms with Gasteiger partial charge in [0.2, 0.25) is 0 Å². The SMILES string of the molecule is COc1cc(OC)cc(C(=O)NNC(=O)c2ccc(SC)cc2)c1. The minimum atomic E-state index is -0.471. The number of hydrogen-bond donors (Lipinski definition) is 2. The lowest BCUT2D eigenvalue weighted by Gasteiger charge is -2.10. The molecule has 126 valence electrons. The second kappa shape index (κ2) is 8.26. The standard InChI is InChI=1S/C17H18N2O4S/c1-22-13-8-12(9-14(10-13)23-2)17(21)19-18-16(20)11-4-6-15(24-3)7-5-11/h4-10H,1-3H3,(H,18,20)(H,19,21). The van der Waals surface area contributed by atoms with Crippen molar-refractivity contribution >= 4 is 23.6 Å². The van der Waals surface area contributed by atoms with Crippen molar-refractivity contribution in [3.05, 3.63) is 53.6 Å². The van der Waals surface area contributed by atoms with Gasteiger partial charge in [-0.3, -0.25) is 20.4 Å². The summed E-state index contributed by atoms with van der Waals surface area (Å²) in [5, 5.41) is 0. The maximum Gasteiger partial charge on any atom is 0.269 e. The Balaban J connectivity index is 2.02. The van der Waals surface area contributed by atoms with Crippen LogP contribution in [0.2, 0.25) is 0 Å². The molecule has 0 saturated heterocycles. The topological polar surface area (TPSA) is 76.7 Å². The lowest BCUT2D eigenvalue weighted by Crippen LogP contribution is -2.41. The first kappa shape index (κ1) is 17.7. The number of thioether (sulfide) groups is 1. The van der Waals surface area contributed by atoms with Crippen LogP contribution in [0.25, 0.3) is 0 Å². The van der Waals surface area contributed by atoms with Crippen LogP contribution in [0.3, 0.4) is 0 Å². The lowest BCUT2D eigenvalue weighted by molar-refractivity contribution is 0.0846. The van der Waals surface area contributed by atoms with Gasteiger partial charge in [0.25, 0.3) is 11.8 Å². The predicted molar refractivity (Wildman–Crippen MR) is 92.7 cm³/mol. The van der Waals surface area contributed by atoms with Gasteiger partial charge in [0, 0.05) is 22.1 Å². The molecule has 2 aromatic carbocycles. The number of carbonyl (C=O) groups excluding carboxylic acids is 2. The van der Waals surface area contributed by atoms with Crippen molar-refractivity contribution in [1.29, 1.82) is 0 Å². The van der Waals surface area contributed by atoms with Crippen LogP contribution in [0.15, 0.2) is 47.4 Å². The molecule has 0 aliphatic rings. The molecule has 0 unspecified atom stereocenters. The smallest absolute Gasteiger partial charge is 0.269 e. The molecule has 2 aromatic rings. The monoisotopic (exact) mass is 346 g/mol. The van der Waals surface area contributed by atoms with Crippen LogP contribution in [-0.4, -0.2) is 32.3 Å². The molecule has 0 radical (unpaired) electrons. The number of carbonyl (C=O) groups is 2. The summed E-state index contributed by atoms with van der Waals surface area (Å²) in [7, 11) is 2.99.